The van der Waals surface area contributed by atoms with Crippen LogP contribution in [0.4, 0.5) is 10.2 Å². The second kappa shape index (κ2) is 8.47. The smallest absolute Gasteiger partial charge is 0.254 e. The van der Waals surface area contributed by atoms with Crippen molar-refractivity contribution in [3.8, 4) is 0 Å². The van der Waals surface area contributed by atoms with E-state index in [9.17, 15) is 9.18 Å². The number of carbonyl (C=O) groups excluding carboxylic acids is 1. The molecule has 1 aromatic rings. The second-order valence-corrected chi connectivity index (χ2v) is 4.42. The minimum atomic E-state index is -0.623. The number of nitrogens with zero attached hydrogens (tertiary/aromatic N) is 1. The molecule has 1 rings (SSSR count). The van der Waals surface area contributed by atoms with Gasteiger partial charge in [0.1, 0.15) is 0 Å². The summed E-state index contributed by atoms with van der Waals surface area (Å²) < 4.78 is 19.4. The standard InChI is InChI=1S/C14H22FN3O2/c1-4-7-16-13-12(15)11(6-8-17-13)14(19)18-9-10(3)20-5-2/h6,8,10H,4-5,7,9H2,1-3H3,(H,16,17)(H,18,19). The van der Waals surface area contributed by atoms with Gasteiger partial charge in [-0.2, -0.15) is 0 Å². The van der Waals surface area contributed by atoms with Crippen molar-refractivity contribution in [2.24, 2.45) is 0 Å². The van der Waals surface area contributed by atoms with E-state index in [-0.39, 0.29) is 17.5 Å². The van der Waals surface area contributed by atoms with Crippen LogP contribution >= 0.6 is 0 Å². The zero-order valence-electron chi connectivity index (χ0n) is 12.2. The van der Waals surface area contributed by atoms with Gasteiger partial charge in [-0.05, 0) is 26.3 Å². The molecule has 2 N–H and O–H groups in total. The average molecular weight is 283 g/mol. The Morgan fingerprint density at radius 2 is 2.25 bits per heavy atom. The van der Waals surface area contributed by atoms with Crippen molar-refractivity contribution in [1.29, 1.82) is 0 Å². The van der Waals surface area contributed by atoms with E-state index in [4.69, 9.17) is 4.74 Å². The molecule has 0 spiro atoms. The van der Waals surface area contributed by atoms with Crippen LogP contribution in [0.15, 0.2) is 12.3 Å². The summed E-state index contributed by atoms with van der Waals surface area (Å²) in [5.41, 5.74) is -0.0118. The summed E-state index contributed by atoms with van der Waals surface area (Å²) >= 11 is 0. The van der Waals surface area contributed by atoms with Crippen molar-refractivity contribution in [3.63, 3.8) is 0 Å². The Labute approximate surface area is 118 Å². The molecule has 6 heteroatoms. The van der Waals surface area contributed by atoms with E-state index in [1.165, 1.54) is 12.3 Å². The van der Waals surface area contributed by atoms with Crippen molar-refractivity contribution in [1.82, 2.24) is 10.3 Å². The molecule has 0 saturated heterocycles. The molecule has 0 saturated carbocycles. The Balaban J connectivity index is 2.68. The van der Waals surface area contributed by atoms with Crippen molar-refractivity contribution >= 4 is 11.7 Å². The van der Waals surface area contributed by atoms with Crippen molar-refractivity contribution in [2.45, 2.75) is 33.3 Å². The summed E-state index contributed by atoms with van der Waals surface area (Å²) in [6.07, 6.45) is 2.16. The van der Waals surface area contributed by atoms with Crippen molar-refractivity contribution in [2.75, 3.05) is 25.0 Å². The maximum absolute atomic E-state index is 14.1. The van der Waals surface area contributed by atoms with Gasteiger partial charge in [0.15, 0.2) is 11.6 Å². The van der Waals surface area contributed by atoms with Gasteiger partial charge in [-0.3, -0.25) is 4.79 Å². The van der Waals surface area contributed by atoms with Crippen LogP contribution in [0.25, 0.3) is 0 Å². The fourth-order valence-electron chi connectivity index (χ4n) is 1.66. The maximum atomic E-state index is 14.1. The van der Waals surface area contributed by atoms with E-state index < -0.39 is 11.7 Å². The van der Waals surface area contributed by atoms with Gasteiger partial charge in [0.2, 0.25) is 0 Å². The Bertz CT molecular complexity index is 440. The Morgan fingerprint density at radius 1 is 1.50 bits per heavy atom. The minimum Gasteiger partial charge on any atom is -0.377 e. The summed E-state index contributed by atoms with van der Waals surface area (Å²) in [6.45, 7) is 7.22. The van der Waals surface area contributed by atoms with Gasteiger partial charge >= 0.3 is 0 Å². The molecule has 1 aromatic heterocycles. The van der Waals surface area contributed by atoms with E-state index in [0.29, 0.717) is 19.7 Å². The molecule has 1 unspecified atom stereocenters. The second-order valence-electron chi connectivity index (χ2n) is 4.42. The van der Waals surface area contributed by atoms with Crippen LogP contribution in [0.3, 0.4) is 0 Å². The lowest BCUT2D eigenvalue weighted by molar-refractivity contribution is 0.0693. The molecule has 0 aliphatic rings. The van der Waals surface area contributed by atoms with Gasteiger partial charge in [-0.25, -0.2) is 9.37 Å². The highest BCUT2D eigenvalue weighted by molar-refractivity contribution is 5.95. The molecule has 112 valence electrons. The third-order valence-corrected chi connectivity index (χ3v) is 2.68. The number of hydrogen-bond acceptors (Lipinski definition) is 4. The number of carbonyl (C=O) groups is 1. The highest BCUT2D eigenvalue weighted by Crippen LogP contribution is 2.14. The first kappa shape index (κ1) is 16.4. The van der Waals surface area contributed by atoms with Crippen LogP contribution in [0, 0.1) is 5.82 Å². The Hall–Kier alpha value is -1.69. The summed E-state index contributed by atoms with van der Waals surface area (Å²) in [5, 5.41) is 5.50. The largest absolute Gasteiger partial charge is 0.377 e. The number of pyridine rings is 1. The van der Waals surface area contributed by atoms with Crippen molar-refractivity contribution in [3.05, 3.63) is 23.6 Å². The van der Waals surface area contributed by atoms with Crippen molar-refractivity contribution < 1.29 is 13.9 Å². The van der Waals surface area contributed by atoms with Gasteiger partial charge in [-0.15, -0.1) is 0 Å². The first-order valence-corrected chi connectivity index (χ1v) is 6.88. The zero-order chi connectivity index (χ0) is 15.0. The first-order chi connectivity index (χ1) is 9.60. The van der Waals surface area contributed by atoms with E-state index in [2.05, 4.69) is 15.6 Å². The number of aromatic nitrogens is 1. The monoisotopic (exact) mass is 283 g/mol. The SMILES string of the molecule is CCCNc1nccc(C(=O)NCC(C)OCC)c1F. The molecule has 0 radical (unpaired) electrons. The molecule has 1 heterocycles. The third-order valence-electron chi connectivity index (χ3n) is 2.68. The van der Waals surface area contributed by atoms with Gasteiger partial charge < -0.3 is 15.4 Å². The molecule has 0 aliphatic carbocycles. The fourth-order valence-corrected chi connectivity index (χ4v) is 1.66. The van der Waals surface area contributed by atoms with Crippen LogP contribution in [-0.2, 0) is 4.74 Å². The van der Waals surface area contributed by atoms with E-state index in [0.717, 1.165) is 6.42 Å². The zero-order valence-corrected chi connectivity index (χ0v) is 12.2. The molecule has 1 atom stereocenters. The normalized spacial score (nSPS) is 12.0. The molecule has 0 aliphatic heterocycles. The molecule has 20 heavy (non-hydrogen) atoms. The first-order valence-electron chi connectivity index (χ1n) is 6.88. The lowest BCUT2D eigenvalue weighted by Crippen LogP contribution is -2.32. The quantitative estimate of drug-likeness (QED) is 0.767. The predicted molar refractivity (Wildman–Crippen MR) is 76.4 cm³/mol. The minimum absolute atomic E-state index is 0.0118. The third kappa shape index (κ3) is 4.77. The van der Waals surface area contributed by atoms with Gasteiger partial charge in [-0.1, -0.05) is 6.92 Å². The van der Waals surface area contributed by atoms with Gasteiger partial charge in [0.05, 0.1) is 11.7 Å². The molecule has 5 nitrogen and oxygen atoms in total. The molecule has 0 aromatic carbocycles. The van der Waals surface area contributed by atoms with Gasteiger partial charge in [0, 0.05) is 25.9 Å². The summed E-state index contributed by atoms with van der Waals surface area (Å²) in [7, 11) is 0. The molecule has 0 bridgehead atoms. The van der Waals surface area contributed by atoms with Crippen LogP contribution in [0.2, 0.25) is 0 Å². The number of ether oxygens (including phenoxy) is 1. The topological polar surface area (TPSA) is 63.2 Å². The Morgan fingerprint density at radius 3 is 2.90 bits per heavy atom. The van der Waals surface area contributed by atoms with Crippen LogP contribution in [0.1, 0.15) is 37.6 Å². The van der Waals surface area contributed by atoms with E-state index in [1.54, 1.807) is 0 Å². The highest BCUT2D eigenvalue weighted by atomic mass is 19.1. The van der Waals surface area contributed by atoms with Crippen LogP contribution in [0.5, 0.6) is 0 Å². The van der Waals surface area contributed by atoms with E-state index in [1.807, 2.05) is 20.8 Å². The lowest BCUT2D eigenvalue weighted by Gasteiger charge is -2.13. The number of rotatable bonds is 8. The number of nitrogens with one attached hydrogen (secondary N) is 2. The average Bonchev–Trinajstić information content (AvgIpc) is 2.44. The number of halogens is 1. The number of hydrogen-bond donors (Lipinski definition) is 2. The van der Waals surface area contributed by atoms with E-state index >= 15 is 0 Å². The van der Waals surface area contributed by atoms with Crippen LogP contribution < -0.4 is 10.6 Å². The lowest BCUT2D eigenvalue weighted by atomic mass is 10.2. The highest BCUT2D eigenvalue weighted by Gasteiger charge is 2.16. The molecular weight excluding hydrogens is 261 g/mol. The summed E-state index contributed by atoms with van der Waals surface area (Å²) in [5.74, 6) is -0.976. The summed E-state index contributed by atoms with van der Waals surface area (Å²) in [6, 6.07) is 1.37. The van der Waals surface area contributed by atoms with Gasteiger partial charge in [0.25, 0.3) is 5.91 Å². The van der Waals surface area contributed by atoms with Crippen LogP contribution in [-0.4, -0.2) is 36.7 Å². The Kier molecular flexibility index (Phi) is 6.93. The fraction of sp³-hybridized carbons (Fsp3) is 0.571. The summed E-state index contributed by atoms with van der Waals surface area (Å²) in [4.78, 5) is 15.8. The number of amides is 1. The molecule has 1 amide bonds. The molecule has 0 fully saturated rings. The molecular formula is C14H22FN3O2. The number of anilines is 1. The maximum Gasteiger partial charge on any atom is 0.254 e. The predicted octanol–water partition coefficient (Wildman–Crippen LogP) is 2.20.